The van der Waals surface area contributed by atoms with Crippen LogP contribution in [0, 0.1) is 6.92 Å². The summed E-state index contributed by atoms with van der Waals surface area (Å²) in [4.78, 5) is 15.8. The fraction of sp³-hybridized carbons (Fsp3) is 0.364. The number of rotatable bonds is 3. The Bertz CT molecular complexity index is 465. The first-order chi connectivity index (χ1) is 8.20. The molecule has 1 fully saturated rings. The highest BCUT2D eigenvalue weighted by Crippen LogP contribution is 2.21. The van der Waals surface area contributed by atoms with E-state index in [1.807, 2.05) is 31.2 Å². The van der Waals surface area contributed by atoms with E-state index in [1.165, 1.54) is 4.90 Å². The largest absolute Gasteiger partial charge is 0.444 e. The van der Waals surface area contributed by atoms with Crippen LogP contribution in [0.25, 0.3) is 10.4 Å². The summed E-state index contributed by atoms with van der Waals surface area (Å²) in [6.45, 7) is 2.57. The lowest BCUT2D eigenvalue weighted by Crippen LogP contribution is -2.24. The van der Waals surface area contributed by atoms with Gasteiger partial charge in [0.25, 0.3) is 0 Å². The zero-order chi connectivity index (χ0) is 12.3. The highest BCUT2D eigenvalue weighted by molar-refractivity contribution is 5.89. The van der Waals surface area contributed by atoms with Crippen molar-refractivity contribution in [2.75, 3.05) is 18.0 Å². The van der Waals surface area contributed by atoms with Gasteiger partial charge in [-0.25, -0.2) is 4.79 Å². The molecule has 0 saturated carbocycles. The number of amides is 1. The number of carbonyl (C=O) groups excluding carboxylic acids is 1. The van der Waals surface area contributed by atoms with Gasteiger partial charge < -0.3 is 4.74 Å². The third kappa shape index (κ3) is 2.49. The Labute approximate surface area is 98.4 Å². The number of azide groups is 1. The minimum absolute atomic E-state index is 0.171. The van der Waals surface area contributed by atoms with Crippen molar-refractivity contribution < 1.29 is 9.53 Å². The first kappa shape index (κ1) is 11.3. The molecule has 88 valence electrons. The van der Waals surface area contributed by atoms with Crippen molar-refractivity contribution in [3.05, 3.63) is 40.3 Å². The van der Waals surface area contributed by atoms with Gasteiger partial charge in [-0.3, -0.25) is 4.90 Å². The summed E-state index contributed by atoms with van der Waals surface area (Å²) < 4.78 is 5.08. The number of ether oxygens (including phenoxy) is 1. The van der Waals surface area contributed by atoms with Crippen LogP contribution in [0.2, 0.25) is 0 Å². The van der Waals surface area contributed by atoms with Crippen LogP contribution >= 0.6 is 0 Å². The van der Waals surface area contributed by atoms with E-state index in [1.54, 1.807) is 0 Å². The number of nitrogens with zero attached hydrogens (tertiary/aromatic N) is 4. The molecule has 17 heavy (non-hydrogen) atoms. The van der Waals surface area contributed by atoms with Crippen molar-refractivity contribution in [3.8, 4) is 0 Å². The van der Waals surface area contributed by atoms with E-state index < -0.39 is 6.09 Å². The standard InChI is InChI=1S/C11H12N4O2/c1-8-2-4-9(5-3-8)15-7-10(6-13-14-12)17-11(15)16/h2-5,10H,6-7H2,1H3/t10-/m0/s1. The molecule has 2 rings (SSSR count). The van der Waals surface area contributed by atoms with Crippen LogP contribution in [0.5, 0.6) is 0 Å². The van der Waals surface area contributed by atoms with Crippen molar-refractivity contribution in [1.29, 1.82) is 0 Å². The van der Waals surface area contributed by atoms with E-state index in [0.29, 0.717) is 6.54 Å². The van der Waals surface area contributed by atoms with Gasteiger partial charge in [0.1, 0.15) is 6.10 Å². The minimum atomic E-state index is -0.396. The van der Waals surface area contributed by atoms with Crippen molar-refractivity contribution in [1.82, 2.24) is 0 Å². The predicted octanol–water partition coefficient (Wildman–Crippen LogP) is 2.63. The second kappa shape index (κ2) is 4.76. The van der Waals surface area contributed by atoms with E-state index >= 15 is 0 Å². The Balaban J connectivity index is 2.10. The fourth-order valence-corrected chi connectivity index (χ4v) is 1.68. The quantitative estimate of drug-likeness (QED) is 0.456. The topological polar surface area (TPSA) is 78.3 Å². The van der Waals surface area contributed by atoms with Gasteiger partial charge >= 0.3 is 6.09 Å². The molecule has 1 aliphatic heterocycles. The molecule has 1 saturated heterocycles. The molecule has 0 radical (unpaired) electrons. The Morgan fingerprint density at radius 2 is 2.24 bits per heavy atom. The summed E-state index contributed by atoms with van der Waals surface area (Å²) in [5, 5.41) is 3.41. The number of hydrogen-bond donors (Lipinski definition) is 0. The average Bonchev–Trinajstić information content (AvgIpc) is 2.69. The normalized spacial score (nSPS) is 18.8. The van der Waals surface area contributed by atoms with Gasteiger partial charge in [-0.1, -0.05) is 22.8 Å². The summed E-state index contributed by atoms with van der Waals surface area (Å²) in [5.74, 6) is 0. The van der Waals surface area contributed by atoms with Crippen molar-refractivity contribution in [3.63, 3.8) is 0 Å². The van der Waals surface area contributed by atoms with Gasteiger partial charge in [0.15, 0.2) is 0 Å². The smallest absolute Gasteiger partial charge is 0.414 e. The van der Waals surface area contributed by atoms with Crippen molar-refractivity contribution in [2.24, 2.45) is 5.11 Å². The van der Waals surface area contributed by atoms with Crippen LogP contribution < -0.4 is 4.90 Å². The van der Waals surface area contributed by atoms with Crippen LogP contribution in [0.1, 0.15) is 5.56 Å². The van der Waals surface area contributed by atoms with Gasteiger partial charge in [0.2, 0.25) is 0 Å². The predicted molar refractivity (Wildman–Crippen MR) is 62.8 cm³/mol. The Hall–Kier alpha value is -2.20. The van der Waals surface area contributed by atoms with E-state index in [0.717, 1.165) is 11.3 Å². The van der Waals surface area contributed by atoms with Crippen LogP contribution in [-0.4, -0.2) is 25.3 Å². The van der Waals surface area contributed by atoms with Gasteiger partial charge in [-0.15, -0.1) is 0 Å². The van der Waals surface area contributed by atoms with Gasteiger partial charge in [-0.05, 0) is 24.6 Å². The number of benzene rings is 1. The second-order valence-corrected chi connectivity index (χ2v) is 3.87. The maximum atomic E-state index is 11.6. The molecule has 0 aliphatic carbocycles. The number of hydrogen-bond acceptors (Lipinski definition) is 3. The molecule has 1 amide bonds. The summed E-state index contributed by atoms with van der Waals surface area (Å²) >= 11 is 0. The summed E-state index contributed by atoms with van der Waals surface area (Å²) in [6.07, 6.45) is -0.758. The molecular weight excluding hydrogens is 220 g/mol. The SMILES string of the molecule is Cc1ccc(N2C[C@H](CN=[N+]=[N-])OC2=O)cc1. The molecule has 0 unspecified atom stereocenters. The molecule has 0 aromatic heterocycles. The molecule has 1 atom stereocenters. The first-order valence-electron chi connectivity index (χ1n) is 5.26. The van der Waals surface area contributed by atoms with Crippen LogP contribution in [0.3, 0.4) is 0 Å². The maximum absolute atomic E-state index is 11.6. The van der Waals surface area contributed by atoms with Gasteiger partial charge in [-0.2, -0.15) is 0 Å². The van der Waals surface area contributed by atoms with E-state index in [2.05, 4.69) is 10.0 Å². The molecule has 0 spiro atoms. The lowest BCUT2D eigenvalue weighted by Gasteiger charge is -2.12. The number of carbonyl (C=O) groups is 1. The van der Waals surface area contributed by atoms with E-state index in [9.17, 15) is 4.79 Å². The van der Waals surface area contributed by atoms with E-state index in [-0.39, 0.29) is 12.6 Å². The minimum Gasteiger partial charge on any atom is -0.444 e. The third-order valence-electron chi connectivity index (χ3n) is 2.57. The second-order valence-electron chi connectivity index (χ2n) is 3.87. The van der Waals surface area contributed by atoms with Crippen LogP contribution in [0.4, 0.5) is 10.5 Å². The van der Waals surface area contributed by atoms with Crippen LogP contribution in [-0.2, 0) is 4.74 Å². The molecule has 0 N–H and O–H groups in total. The monoisotopic (exact) mass is 232 g/mol. The zero-order valence-electron chi connectivity index (χ0n) is 9.41. The summed E-state index contributed by atoms with van der Waals surface area (Å²) in [6, 6.07) is 7.60. The molecule has 1 aromatic carbocycles. The van der Waals surface area contributed by atoms with Crippen molar-refractivity contribution >= 4 is 11.8 Å². The van der Waals surface area contributed by atoms with E-state index in [4.69, 9.17) is 10.3 Å². The Morgan fingerprint density at radius 3 is 2.88 bits per heavy atom. The highest BCUT2D eigenvalue weighted by Gasteiger charge is 2.31. The van der Waals surface area contributed by atoms with Crippen LogP contribution in [0.15, 0.2) is 29.4 Å². The molecule has 0 bridgehead atoms. The highest BCUT2D eigenvalue weighted by atomic mass is 16.6. The van der Waals surface area contributed by atoms with Gasteiger partial charge in [0.05, 0.1) is 13.1 Å². The Morgan fingerprint density at radius 1 is 1.53 bits per heavy atom. The number of anilines is 1. The third-order valence-corrected chi connectivity index (χ3v) is 2.57. The maximum Gasteiger partial charge on any atom is 0.414 e. The Kier molecular flexibility index (Phi) is 3.16. The molecule has 6 nitrogen and oxygen atoms in total. The lowest BCUT2D eigenvalue weighted by atomic mass is 10.2. The molecule has 6 heteroatoms. The molecular formula is C11H12N4O2. The number of cyclic esters (lactones) is 1. The fourth-order valence-electron chi connectivity index (χ4n) is 1.68. The molecule has 1 heterocycles. The lowest BCUT2D eigenvalue weighted by molar-refractivity contribution is 0.145. The zero-order valence-corrected chi connectivity index (χ0v) is 9.41. The molecule has 1 aliphatic rings. The summed E-state index contributed by atoms with van der Waals surface area (Å²) in [7, 11) is 0. The van der Waals surface area contributed by atoms with Crippen molar-refractivity contribution in [2.45, 2.75) is 13.0 Å². The first-order valence-corrected chi connectivity index (χ1v) is 5.26. The molecule has 1 aromatic rings. The van der Waals surface area contributed by atoms with Gasteiger partial charge in [0, 0.05) is 10.6 Å². The summed E-state index contributed by atoms with van der Waals surface area (Å²) in [5.41, 5.74) is 10.1. The average molecular weight is 232 g/mol. The number of aryl methyl sites for hydroxylation is 1.